The molecule has 2 aromatic rings. The second kappa shape index (κ2) is 4.78. The topological polar surface area (TPSA) is 70.2 Å². The van der Waals surface area contributed by atoms with Crippen LogP contribution in [0.1, 0.15) is 18.5 Å². The molecule has 0 aliphatic carbocycles. The Morgan fingerprint density at radius 3 is 2.94 bits per heavy atom. The minimum absolute atomic E-state index is 0.0392. The molecule has 2 rings (SSSR count). The normalized spacial score (nSPS) is 12.1. The van der Waals surface area contributed by atoms with Crippen LogP contribution in [0.5, 0.6) is 11.5 Å². The van der Waals surface area contributed by atoms with Gasteiger partial charge in [-0.2, -0.15) is 5.10 Å². The van der Waals surface area contributed by atoms with E-state index >= 15 is 0 Å². The van der Waals surface area contributed by atoms with Crippen LogP contribution in [0.25, 0.3) is 0 Å². The van der Waals surface area contributed by atoms with Crippen molar-refractivity contribution < 1.29 is 9.84 Å². The maximum absolute atomic E-state index is 9.81. The minimum atomic E-state index is -0.0392. The summed E-state index contributed by atoms with van der Waals surface area (Å²) in [5, 5.41) is 19.6. The van der Waals surface area contributed by atoms with Gasteiger partial charge in [0.05, 0.1) is 25.0 Å². The van der Waals surface area contributed by atoms with E-state index in [2.05, 4.69) is 15.5 Å². The fourth-order valence-corrected chi connectivity index (χ4v) is 1.66. The first-order chi connectivity index (χ1) is 8.20. The van der Waals surface area contributed by atoms with Gasteiger partial charge < -0.3 is 15.2 Å². The van der Waals surface area contributed by atoms with Crippen LogP contribution in [-0.4, -0.2) is 22.4 Å². The Labute approximate surface area is 99.4 Å². The SMILES string of the molecule is COc1ccc(O)c(C(C)Nc2cn[nH]c2)c1. The molecule has 0 bridgehead atoms. The highest BCUT2D eigenvalue weighted by Crippen LogP contribution is 2.30. The maximum atomic E-state index is 9.81. The van der Waals surface area contributed by atoms with Crippen molar-refractivity contribution in [2.45, 2.75) is 13.0 Å². The number of phenols is 1. The Hall–Kier alpha value is -2.17. The molecule has 1 atom stereocenters. The molecule has 5 nitrogen and oxygen atoms in total. The van der Waals surface area contributed by atoms with Gasteiger partial charge in [-0.1, -0.05) is 0 Å². The Bertz CT molecular complexity index is 483. The lowest BCUT2D eigenvalue weighted by Gasteiger charge is -2.16. The number of benzene rings is 1. The molecule has 0 radical (unpaired) electrons. The standard InChI is InChI=1S/C12H15N3O2/c1-8(15-9-6-13-14-7-9)11-5-10(17-2)3-4-12(11)16/h3-8,15-16H,1-2H3,(H,13,14). The summed E-state index contributed by atoms with van der Waals surface area (Å²) in [5.41, 5.74) is 1.66. The molecule has 0 saturated heterocycles. The number of aromatic hydroxyl groups is 1. The number of hydrogen-bond donors (Lipinski definition) is 3. The number of aromatic nitrogens is 2. The van der Waals surface area contributed by atoms with E-state index in [9.17, 15) is 5.11 Å². The molecule has 0 saturated carbocycles. The van der Waals surface area contributed by atoms with Gasteiger partial charge in [0.15, 0.2) is 0 Å². The van der Waals surface area contributed by atoms with Crippen LogP contribution in [0.2, 0.25) is 0 Å². The highest BCUT2D eigenvalue weighted by molar-refractivity contribution is 5.47. The van der Waals surface area contributed by atoms with Gasteiger partial charge in [0.1, 0.15) is 11.5 Å². The third kappa shape index (κ3) is 2.50. The lowest BCUT2D eigenvalue weighted by molar-refractivity contribution is 0.410. The number of H-pyrrole nitrogens is 1. The zero-order chi connectivity index (χ0) is 12.3. The molecule has 3 N–H and O–H groups in total. The lowest BCUT2D eigenvalue weighted by atomic mass is 10.1. The monoisotopic (exact) mass is 233 g/mol. The molecule has 1 aromatic carbocycles. The summed E-state index contributed by atoms with van der Waals surface area (Å²) in [6.07, 6.45) is 3.45. The highest BCUT2D eigenvalue weighted by Gasteiger charge is 2.11. The summed E-state index contributed by atoms with van der Waals surface area (Å²) in [6.45, 7) is 1.96. The molecule has 0 fully saturated rings. The third-order valence-corrected chi connectivity index (χ3v) is 2.58. The van der Waals surface area contributed by atoms with Gasteiger partial charge in [-0.15, -0.1) is 0 Å². The number of hydrogen-bond acceptors (Lipinski definition) is 4. The summed E-state index contributed by atoms with van der Waals surface area (Å²) in [6, 6.07) is 5.13. The number of anilines is 1. The summed E-state index contributed by atoms with van der Waals surface area (Å²) in [4.78, 5) is 0. The van der Waals surface area contributed by atoms with E-state index in [0.29, 0.717) is 0 Å². The molecule has 0 amide bonds. The molecule has 17 heavy (non-hydrogen) atoms. The van der Waals surface area contributed by atoms with Crippen molar-refractivity contribution >= 4 is 5.69 Å². The van der Waals surface area contributed by atoms with Crippen molar-refractivity contribution in [3.63, 3.8) is 0 Å². The molecule has 1 heterocycles. The Morgan fingerprint density at radius 1 is 1.47 bits per heavy atom. The first-order valence-corrected chi connectivity index (χ1v) is 5.33. The quantitative estimate of drug-likeness (QED) is 0.757. The minimum Gasteiger partial charge on any atom is -0.508 e. The molecule has 90 valence electrons. The molecule has 0 aliphatic heterocycles. The average molecular weight is 233 g/mol. The van der Waals surface area contributed by atoms with Gasteiger partial charge in [0.25, 0.3) is 0 Å². The van der Waals surface area contributed by atoms with Crippen LogP contribution in [-0.2, 0) is 0 Å². The van der Waals surface area contributed by atoms with Gasteiger partial charge in [0, 0.05) is 11.8 Å². The number of rotatable bonds is 4. The predicted molar refractivity (Wildman–Crippen MR) is 65.3 cm³/mol. The summed E-state index contributed by atoms with van der Waals surface area (Å²) >= 11 is 0. The fourth-order valence-electron chi connectivity index (χ4n) is 1.66. The number of nitrogens with one attached hydrogen (secondary N) is 2. The Balaban J connectivity index is 2.20. The second-order valence-corrected chi connectivity index (χ2v) is 3.78. The van der Waals surface area contributed by atoms with Crippen molar-refractivity contribution in [1.29, 1.82) is 0 Å². The molecule has 5 heteroatoms. The zero-order valence-electron chi connectivity index (χ0n) is 9.77. The van der Waals surface area contributed by atoms with Gasteiger partial charge in [0.2, 0.25) is 0 Å². The largest absolute Gasteiger partial charge is 0.508 e. The van der Waals surface area contributed by atoms with Crippen LogP contribution in [0.3, 0.4) is 0 Å². The van der Waals surface area contributed by atoms with E-state index in [0.717, 1.165) is 17.0 Å². The van der Waals surface area contributed by atoms with Crippen molar-refractivity contribution in [2.24, 2.45) is 0 Å². The van der Waals surface area contributed by atoms with Gasteiger partial charge in [-0.05, 0) is 25.1 Å². The molecular formula is C12H15N3O2. The van der Waals surface area contributed by atoms with Crippen LogP contribution < -0.4 is 10.1 Å². The third-order valence-electron chi connectivity index (χ3n) is 2.58. The van der Waals surface area contributed by atoms with Crippen LogP contribution in [0.4, 0.5) is 5.69 Å². The smallest absolute Gasteiger partial charge is 0.121 e. The Kier molecular flexibility index (Phi) is 3.18. The summed E-state index contributed by atoms with van der Waals surface area (Å²) in [7, 11) is 1.60. The van der Waals surface area contributed by atoms with Crippen LogP contribution >= 0.6 is 0 Å². The number of phenolic OH excluding ortho intramolecular Hbond substituents is 1. The summed E-state index contributed by atoms with van der Waals surface area (Å²) in [5.74, 6) is 0.966. The first-order valence-electron chi connectivity index (χ1n) is 5.33. The number of methoxy groups -OCH3 is 1. The van der Waals surface area contributed by atoms with Crippen molar-refractivity contribution in [3.05, 3.63) is 36.2 Å². The van der Waals surface area contributed by atoms with E-state index in [4.69, 9.17) is 4.74 Å². The van der Waals surface area contributed by atoms with Crippen LogP contribution in [0, 0.1) is 0 Å². The van der Waals surface area contributed by atoms with Crippen molar-refractivity contribution in [2.75, 3.05) is 12.4 Å². The van der Waals surface area contributed by atoms with Crippen molar-refractivity contribution in [3.8, 4) is 11.5 Å². The predicted octanol–water partition coefficient (Wildman–Crippen LogP) is 2.30. The highest BCUT2D eigenvalue weighted by atomic mass is 16.5. The molecule has 0 aliphatic rings. The Morgan fingerprint density at radius 2 is 2.29 bits per heavy atom. The zero-order valence-corrected chi connectivity index (χ0v) is 9.77. The second-order valence-electron chi connectivity index (χ2n) is 3.78. The summed E-state index contributed by atoms with van der Waals surface area (Å²) < 4.78 is 5.14. The average Bonchev–Trinajstić information content (AvgIpc) is 2.82. The molecule has 1 aromatic heterocycles. The van der Waals surface area contributed by atoms with Crippen molar-refractivity contribution in [1.82, 2.24) is 10.2 Å². The maximum Gasteiger partial charge on any atom is 0.121 e. The lowest BCUT2D eigenvalue weighted by Crippen LogP contribution is -2.06. The number of ether oxygens (including phenoxy) is 1. The molecule has 1 unspecified atom stereocenters. The molecule has 0 spiro atoms. The van der Waals surface area contributed by atoms with E-state index < -0.39 is 0 Å². The van der Waals surface area contributed by atoms with Gasteiger partial charge >= 0.3 is 0 Å². The van der Waals surface area contributed by atoms with Gasteiger partial charge in [-0.3, -0.25) is 5.10 Å². The van der Waals surface area contributed by atoms with Crippen LogP contribution in [0.15, 0.2) is 30.6 Å². The first kappa shape index (κ1) is 11.3. The fraction of sp³-hybridized carbons (Fsp3) is 0.250. The van der Waals surface area contributed by atoms with Gasteiger partial charge in [-0.25, -0.2) is 0 Å². The van der Waals surface area contributed by atoms with E-state index in [1.165, 1.54) is 0 Å². The molecular weight excluding hydrogens is 218 g/mol. The number of aromatic amines is 1. The number of nitrogens with zero attached hydrogens (tertiary/aromatic N) is 1. The van der Waals surface area contributed by atoms with E-state index in [1.54, 1.807) is 31.6 Å². The van der Waals surface area contributed by atoms with E-state index in [-0.39, 0.29) is 11.8 Å². The van der Waals surface area contributed by atoms with E-state index in [1.807, 2.05) is 13.0 Å².